The van der Waals surface area contributed by atoms with E-state index in [9.17, 15) is 14.4 Å². The van der Waals surface area contributed by atoms with Crippen LogP contribution < -0.4 is 10.6 Å². The van der Waals surface area contributed by atoms with E-state index in [0.717, 1.165) is 11.1 Å². The highest BCUT2D eigenvalue weighted by atomic mass is 16.7. The molecule has 0 bridgehead atoms. The maximum atomic E-state index is 12.6. The number of methoxy groups -OCH3 is 1. The molecule has 188 valence electrons. The van der Waals surface area contributed by atoms with Crippen molar-refractivity contribution in [1.82, 2.24) is 0 Å². The zero-order valence-electron chi connectivity index (χ0n) is 20.3. The van der Waals surface area contributed by atoms with Gasteiger partial charge < -0.3 is 18.9 Å². The molecule has 9 heteroatoms. The summed E-state index contributed by atoms with van der Waals surface area (Å²) < 4.78 is 21.6. The molecular weight excluding hydrogens is 464 g/mol. The van der Waals surface area contributed by atoms with E-state index in [-0.39, 0.29) is 12.5 Å². The van der Waals surface area contributed by atoms with Gasteiger partial charge in [-0.1, -0.05) is 30.3 Å². The predicted octanol–water partition coefficient (Wildman–Crippen LogP) is 5.08. The van der Waals surface area contributed by atoms with Gasteiger partial charge in [0.1, 0.15) is 6.61 Å². The molecule has 1 heterocycles. The largest absolute Gasteiger partial charge is 0.466 e. The molecule has 1 unspecified atom stereocenters. The van der Waals surface area contributed by atoms with Crippen LogP contribution in [-0.4, -0.2) is 38.2 Å². The Labute approximate surface area is 209 Å². The SMILES string of the molecule is COC(=O)C1=COC(OC(=O)Nc2cccc(C)c2)[C@@H]2C(COC(=O)Nc3cccc(C)c3)=CC[C@H]12. The minimum absolute atomic E-state index is 0.0595. The van der Waals surface area contributed by atoms with Crippen LogP contribution in [0.1, 0.15) is 17.5 Å². The molecular formula is C27H28N2O7. The van der Waals surface area contributed by atoms with Gasteiger partial charge in [-0.15, -0.1) is 0 Å². The minimum Gasteiger partial charge on any atom is -0.466 e. The molecule has 0 radical (unpaired) electrons. The second-order valence-electron chi connectivity index (χ2n) is 8.69. The van der Waals surface area contributed by atoms with E-state index in [1.165, 1.54) is 13.4 Å². The van der Waals surface area contributed by atoms with Crippen LogP contribution >= 0.6 is 0 Å². The van der Waals surface area contributed by atoms with Crippen molar-refractivity contribution in [2.24, 2.45) is 11.8 Å². The summed E-state index contributed by atoms with van der Waals surface area (Å²) in [7, 11) is 1.29. The normalized spacial score (nSPS) is 20.1. The molecule has 4 rings (SSSR count). The average Bonchev–Trinajstić information content (AvgIpc) is 3.27. The molecule has 3 atom stereocenters. The van der Waals surface area contributed by atoms with Crippen molar-refractivity contribution in [3.63, 3.8) is 0 Å². The summed E-state index contributed by atoms with van der Waals surface area (Å²) in [5, 5.41) is 5.37. The number of nitrogens with one attached hydrogen (secondary N) is 2. The van der Waals surface area contributed by atoms with Crippen molar-refractivity contribution in [2.45, 2.75) is 26.6 Å². The number of amides is 2. The number of fused-ring (bicyclic) bond motifs is 1. The molecule has 2 amide bonds. The molecule has 36 heavy (non-hydrogen) atoms. The second-order valence-corrected chi connectivity index (χ2v) is 8.69. The summed E-state index contributed by atoms with van der Waals surface area (Å²) in [5.41, 5.74) is 4.19. The number of ether oxygens (including phenoxy) is 4. The molecule has 0 saturated carbocycles. The smallest absolute Gasteiger partial charge is 0.414 e. The molecule has 2 aromatic rings. The van der Waals surface area contributed by atoms with Crippen molar-refractivity contribution in [2.75, 3.05) is 24.4 Å². The molecule has 0 aromatic heterocycles. The third-order valence-corrected chi connectivity index (χ3v) is 6.06. The van der Waals surface area contributed by atoms with E-state index < -0.39 is 30.4 Å². The topological polar surface area (TPSA) is 112 Å². The van der Waals surface area contributed by atoms with E-state index in [0.29, 0.717) is 28.9 Å². The number of benzene rings is 2. The fraction of sp³-hybridized carbons (Fsp3) is 0.296. The molecule has 1 aliphatic carbocycles. The minimum atomic E-state index is -1.02. The Morgan fingerprint density at radius 1 is 0.972 bits per heavy atom. The third-order valence-electron chi connectivity index (χ3n) is 6.06. The zero-order chi connectivity index (χ0) is 25.7. The Kier molecular flexibility index (Phi) is 7.58. The fourth-order valence-corrected chi connectivity index (χ4v) is 4.39. The lowest BCUT2D eigenvalue weighted by molar-refractivity contribution is -0.141. The van der Waals surface area contributed by atoms with Crippen LogP contribution in [0.25, 0.3) is 0 Å². The zero-order valence-corrected chi connectivity index (χ0v) is 20.3. The summed E-state index contributed by atoms with van der Waals surface area (Å²) in [6.07, 6.45) is 1.27. The van der Waals surface area contributed by atoms with Gasteiger partial charge in [0.15, 0.2) is 0 Å². The van der Waals surface area contributed by atoms with E-state index >= 15 is 0 Å². The second kappa shape index (κ2) is 11.0. The van der Waals surface area contributed by atoms with Gasteiger partial charge in [-0.3, -0.25) is 10.6 Å². The quantitative estimate of drug-likeness (QED) is 0.329. The number of rotatable bonds is 6. The van der Waals surface area contributed by atoms with Crippen LogP contribution in [0.5, 0.6) is 0 Å². The van der Waals surface area contributed by atoms with Crippen LogP contribution in [0, 0.1) is 25.7 Å². The number of carbonyl (C=O) groups excluding carboxylic acids is 3. The van der Waals surface area contributed by atoms with E-state index in [1.54, 1.807) is 12.1 Å². The maximum Gasteiger partial charge on any atom is 0.414 e. The molecule has 0 fully saturated rings. The molecule has 1 aliphatic heterocycles. The summed E-state index contributed by atoms with van der Waals surface area (Å²) in [5.74, 6) is -1.40. The lowest BCUT2D eigenvalue weighted by atomic mass is 9.83. The number of hydrogen-bond acceptors (Lipinski definition) is 7. The summed E-state index contributed by atoms with van der Waals surface area (Å²) >= 11 is 0. The molecule has 2 aromatic carbocycles. The number of esters is 1. The lowest BCUT2D eigenvalue weighted by Gasteiger charge is -2.34. The summed E-state index contributed by atoms with van der Waals surface area (Å²) in [4.78, 5) is 37.3. The van der Waals surface area contributed by atoms with Crippen molar-refractivity contribution in [1.29, 1.82) is 0 Å². The monoisotopic (exact) mass is 492 g/mol. The van der Waals surface area contributed by atoms with E-state index in [4.69, 9.17) is 18.9 Å². The predicted molar refractivity (Wildman–Crippen MR) is 132 cm³/mol. The van der Waals surface area contributed by atoms with Gasteiger partial charge in [0, 0.05) is 17.3 Å². The van der Waals surface area contributed by atoms with Crippen LogP contribution in [0.15, 0.2) is 72.0 Å². The van der Waals surface area contributed by atoms with Gasteiger partial charge in [0.25, 0.3) is 6.29 Å². The van der Waals surface area contributed by atoms with Crippen LogP contribution in [0.2, 0.25) is 0 Å². The molecule has 0 spiro atoms. The molecule has 9 nitrogen and oxygen atoms in total. The van der Waals surface area contributed by atoms with Crippen LogP contribution in [-0.2, 0) is 23.7 Å². The number of allylic oxidation sites excluding steroid dienone is 1. The first-order valence-electron chi connectivity index (χ1n) is 11.5. The molecule has 2 N–H and O–H groups in total. The van der Waals surface area contributed by atoms with Gasteiger partial charge in [-0.2, -0.15) is 0 Å². The molecule has 0 saturated heterocycles. The average molecular weight is 493 g/mol. The number of aryl methyl sites for hydroxylation is 2. The Hall–Kier alpha value is -4.27. The fourth-order valence-electron chi connectivity index (χ4n) is 4.39. The van der Waals surface area contributed by atoms with Crippen LogP contribution in [0.3, 0.4) is 0 Å². The first-order valence-corrected chi connectivity index (χ1v) is 11.5. The van der Waals surface area contributed by atoms with Crippen molar-refractivity contribution < 1.29 is 33.3 Å². The highest BCUT2D eigenvalue weighted by molar-refractivity contribution is 5.89. The lowest BCUT2D eigenvalue weighted by Crippen LogP contribution is -2.39. The van der Waals surface area contributed by atoms with Gasteiger partial charge in [0.05, 0.1) is 24.9 Å². The Morgan fingerprint density at radius 2 is 1.61 bits per heavy atom. The first kappa shape index (κ1) is 24.8. The molecule has 2 aliphatic rings. The van der Waals surface area contributed by atoms with Gasteiger partial charge in [-0.25, -0.2) is 14.4 Å². The summed E-state index contributed by atoms with van der Waals surface area (Å²) in [6.45, 7) is 3.77. The number of anilines is 2. The summed E-state index contributed by atoms with van der Waals surface area (Å²) in [6, 6.07) is 14.6. The van der Waals surface area contributed by atoms with E-state index in [1.807, 2.05) is 56.3 Å². The Morgan fingerprint density at radius 3 is 2.22 bits per heavy atom. The van der Waals surface area contributed by atoms with Gasteiger partial charge in [-0.05, 0) is 61.2 Å². The third kappa shape index (κ3) is 5.86. The van der Waals surface area contributed by atoms with Gasteiger partial charge >= 0.3 is 18.2 Å². The standard InChI is InChI=1S/C27H28N2O7/c1-16-6-4-8-19(12-16)28-26(31)35-14-18-10-11-21-22(24(30)33-3)15-34-25(23(18)21)36-27(32)29-20-9-5-7-17(2)13-20/h4-10,12-13,15,21,23,25H,11,14H2,1-3H3,(H,28,31)(H,29,32)/t21-,23-,25?/m1/s1. The highest BCUT2D eigenvalue weighted by Gasteiger charge is 2.46. The van der Waals surface area contributed by atoms with Crippen molar-refractivity contribution in [3.8, 4) is 0 Å². The Bertz CT molecular complexity index is 1220. The maximum absolute atomic E-state index is 12.6. The first-order chi connectivity index (χ1) is 17.3. The van der Waals surface area contributed by atoms with Crippen molar-refractivity contribution in [3.05, 3.63) is 83.1 Å². The van der Waals surface area contributed by atoms with Crippen molar-refractivity contribution >= 4 is 29.5 Å². The number of carbonyl (C=O) groups is 3. The Balaban J connectivity index is 1.44. The number of hydrogen-bond donors (Lipinski definition) is 2. The van der Waals surface area contributed by atoms with E-state index in [2.05, 4.69) is 10.6 Å². The van der Waals surface area contributed by atoms with Crippen LogP contribution in [0.4, 0.5) is 21.0 Å². The highest BCUT2D eigenvalue weighted by Crippen LogP contribution is 2.44. The van der Waals surface area contributed by atoms with Gasteiger partial charge in [0.2, 0.25) is 0 Å².